The van der Waals surface area contributed by atoms with Gasteiger partial charge in [-0.15, -0.1) is 0 Å². The lowest BCUT2D eigenvalue weighted by atomic mass is 10.0. The minimum absolute atomic E-state index is 0.0691. The van der Waals surface area contributed by atoms with Gasteiger partial charge in [-0.2, -0.15) is 0 Å². The highest BCUT2D eigenvalue weighted by atomic mass is 35.5. The van der Waals surface area contributed by atoms with Crippen LogP contribution in [0.2, 0.25) is 10.0 Å². The van der Waals surface area contributed by atoms with Crippen LogP contribution in [0.5, 0.6) is 17.2 Å². The van der Waals surface area contributed by atoms with Gasteiger partial charge in [-0.05, 0) is 25.0 Å². The Bertz CT molecular complexity index is 941. The normalized spacial score (nSPS) is 13.7. The van der Waals surface area contributed by atoms with Crippen molar-refractivity contribution in [3.8, 4) is 17.2 Å². The molecule has 1 saturated carbocycles. The summed E-state index contributed by atoms with van der Waals surface area (Å²) in [4.78, 5) is 29.4. The summed E-state index contributed by atoms with van der Waals surface area (Å²) in [5, 5.41) is 3.54. The Kier molecular flexibility index (Phi) is 7.98. The number of pyridine rings is 1. The fourth-order valence-electron chi connectivity index (χ4n) is 3.60. The average Bonchev–Trinajstić information content (AvgIpc) is 3.26. The highest BCUT2D eigenvalue weighted by molar-refractivity contribution is 6.36. The fourth-order valence-corrected chi connectivity index (χ4v) is 4.10. The molecular formula is C22H24Cl2N2O5. The van der Waals surface area contributed by atoms with Crippen molar-refractivity contribution in [3.05, 3.63) is 45.7 Å². The number of ether oxygens (including phenoxy) is 3. The van der Waals surface area contributed by atoms with Gasteiger partial charge in [0.1, 0.15) is 0 Å². The molecule has 166 valence electrons. The Morgan fingerprint density at radius 2 is 1.74 bits per heavy atom. The van der Waals surface area contributed by atoms with Crippen LogP contribution < -0.4 is 19.5 Å². The number of aromatic nitrogens is 1. The molecule has 1 aliphatic carbocycles. The van der Waals surface area contributed by atoms with Crippen molar-refractivity contribution in [2.45, 2.75) is 38.1 Å². The van der Waals surface area contributed by atoms with Gasteiger partial charge in [-0.1, -0.05) is 36.0 Å². The van der Waals surface area contributed by atoms with Gasteiger partial charge in [-0.3, -0.25) is 14.6 Å². The molecular weight excluding hydrogens is 443 g/mol. The third-order valence-corrected chi connectivity index (χ3v) is 5.81. The largest absolute Gasteiger partial charge is 0.493 e. The number of carbonyl (C=O) groups excluding carboxylic acids is 2. The van der Waals surface area contributed by atoms with Crippen LogP contribution in [0.15, 0.2) is 24.5 Å². The van der Waals surface area contributed by atoms with Crippen molar-refractivity contribution < 1.29 is 23.8 Å². The van der Waals surface area contributed by atoms with Crippen LogP contribution in [0, 0.1) is 0 Å². The molecule has 0 saturated heterocycles. The van der Waals surface area contributed by atoms with Crippen molar-refractivity contribution >= 4 is 34.9 Å². The average molecular weight is 467 g/mol. The van der Waals surface area contributed by atoms with E-state index in [0.717, 1.165) is 25.7 Å². The van der Waals surface area contributed by atoms with Gasteiger partial charge in [0, 0.05) is 30.4 Å². The second-order valence-electron chi connectivity index (χ2n) is 7.20. The second kappa shape index (κ2) is 10.7. The van der Waals surface area contributed by atoms with Crippen LogP contribution in [-0.2, 0) is 11.2 Å². The monoisotopic (exact) mass is 466 g/mol. The van der Waals surface area contributed by atoms with Gasteiger partial charge in [0.05, 0.1) is 29.8 Å². The van der Waals surface area contributed by atoms with Crippen molar-refractivity contribution in [2.75, 3.05) is 20.8 Å². The maximum atomic E-state index is 13.1. The van der Waals surface area contributed by atoms with Crippen LogP contribution in [0.4, 0.5) is 0 Å². The molecule has 1 N–H and O–H groups in total. The Morgan fingerprint density at radius 3 is 2.35 bits per heavy atom. The third kappa shape index (κ3) is 5.60. The quantitative estimate of drug-likeness (QED) is 0.555. The molecule has 3 rings (SSSR count). The molecule has 0 unspecified atom stereocenters. The summed E-state index contributed by atoms with van der Waals surface area (Å²) in [6.07, 6.45) is 6.92. The number of rotatable bonds is 9. The molecule has 31 heavy (non-hydrogen) atoms. The van der Waals surface area contributed by atoms with Crippen molar-refractivity contribution in [1.29, 1.82) is 0 Å². The topological polar surface area (TPSA) is 86.8 Å². The van der Waals surface area contributed by atoms with E-state index in [2.05, 4.69) is 10.3 Å². The first-order valence-electron chi connectivity index (χ1n) is 9.92. The first-order valence-corrected chi connectivity index (χ1v) is 10.7. The summed E-state index contributed by atoms with van der Waals surface area (Å²) in [5.41, 5.74) is 0.693. The standard InChI is InChI=1S/C22H24Cl2N2O5/c1-29-19-8-7-14(18(27)9-15-16(23)10-25-11-17(15)24)21(22(19)30-2)31-12-20(28)26-13-5-3-4-6-13/h7-8,10-11,13H,3-6,9,12H2,1-2H3,(H,26,28). The number of ketones is 1. The Balaban J connectivity index is 1.85. The second-order valence-corrected chi connectivity index (χ2v) is 8.01. The molecule has 0 bridgehead atoms. The minimum Gasteiger partial charge on any atom is -0.493 e. The Hall–Kier alpha value is -2.51. The van der Waals surface area contributed by atoms with Gasteiger partial charge in [-0.25, -0.2) is 0 Å². The van der Waals surface area contributed by atoms with Crippen molar-refractivity contribution in [2.24, 2.45) is 0 Å². The van der Waals surface area contributed by atoms with E-state index < -0.39 is 0 Å². The van der Waals surface area contributed by atoms with Crippen LogP contribution in [0.1, 0.15) is 41.6 Å². The number of hydrogen-bond acceptors (Lipinski definition) is 6. The van der Waals surface area contributed by atoms with Crippen LogP contribution in [-0.4, -0.2) is 43.5 Å². The molecule has 9 heteroatoms. The molecule has 2 aromatic rings. The number of amides is 1. The number of Topliss-reactive ketones (excluding diaryl/α,β-unsaturated/α-hetero) is 1. The van der Waals surface area contributed by atoms with Gasteiger partial charge >= 0.3 is 0 Å². The van der Waals surface area contributed by atoms with Gasteiger partial charge in [0.2, 0.25) is 5.75 Å². The zero-order valence-corrected chi connectivity index (χ0v) is 18.9. The number of hydrogen-bond donors (Lipinski definition) is 1. The zero-order chi connectivity index (χ0) is 22.4. The summed E-state index contributed by atoms with van der Waals surface area (Å²) >= 11 is 12.3. The first kappa shape index (κ1) is 23.2. The SMILES string of the molecule is COc1ccc(C(=O)Cc2c(Cl)cncc2Cl)c(OCC(=O)NC2CCCC2)c1OC. The van der Waals surface area contributed by atoms with Crippen molar-refractivity contribution in [1.82, 2.24) is 10.3 Å². The molecule has 1 heterocycles. The minimum atomic E-state index is -0.304. The Labute approximate surface area is 191 Å². The van der Waals surface area contributed by atoms with E-state index in [-0.39, 0.29) is 47.8 Å². The third-order valence-electron chi connectivity index (χ3n) is 5.16. The zero-order valence-electron chi connectivity index (χ0n) is 17.4. The summed E-state index contributed by atoms with van der Waals surface area (Å²) in [5.74, 6) is 0.187. The Morgan fingerprint density at radius 1 is 1.06 bits per heavy atom. The van der Waals surface area contributed by atoms with Crippen LogP contribution >= 0.6 is 23.2 Å². The molecule has 1 amide bonds. The van der Waals surface area contributed by atoms with E-state index in [0.29, 0.717) is 21.4 Å². The maximum absolute atomic E-state index is 13.1. The highest BCUT2D eigenvalue weighted by Crippen LogP contribution is 2.41. The predicted molar refractivity (Wildman–Crippen MR) is 118 cm³/mol. The summed E-state index contributed by atoms with van der Waals surface area (Å²) in [6, 6.07) is 3.34. The number of carbonyl (C=O) groups is 2. The van der Waals surface area contributed by atoms with E-state index in [4.69, 9.17) is 37.4 Å². The molecule has 0 radical (unpaired) electrons. The van der Waals surface area contributed by atoms with Gasteiger partial charge in [0.15, 0.2) is 23.9 Å². The molecule has 7 nitrogen and oxygen atoms in total. The molecule has 1 aromatic carbocycles. The first-order chi connectivity index (χ1) is 14.9. The fraction of sp³-hybridized carbons (Fsp3) is 0.409. The smallest absolute Gasteiger partial charge is 0.258 e. The lowest BCUT2D eigenvalue weighted by molar-refractivity contribution is -0.123. The predicted octanol–water partition coefficient (Wildman–Crippen LogP) is 4.27. The van der Waals surface area contributed by atoms with E-state index in [1.165, 1.54) is 26.6 Å². The number of nitrogens with zero attached hydrogens (tertiary/aromatic N) is 1. The van der Waals surface area contributed by atoms with E-state index in [1.807, 2.05) is 0 Å². The molecule has 1 aliphatic rings. The summed E-state index contributed by atoms with van der Waals surface area (Å²) in [7, 11) is 2.92. The lowest BCUT2D eigenvalue weighted by Crippen LogP contribution is -2.36. The molecule has 0 aliphatic heterocycles. The van der Waals surface area contributed by atoms with Crippen molar-refractivity contribution in [3.63, 3.8) is 0 Å². The molecule has 0 spiro atoms. The molecule has 1 fully saturated rings. The van der Waals surface area contributed by atoms with E-state index >= 15 is 0 Å². The van der Waals surface area contributed by atoms with Gasteiger partial charge in [0.25, 0.3) is 5.91 Å². The van der Waals surface area contributed by atoms with E-state index in [1.54, 1.807) is 12.1 Å². The lowest BCUT2D eigenvalue weighted by Gasteiger charge is -2.18. The molecule has 1 aromatic heterocycles. The highest BCUT2D eigenvalue weighted by Gasteiger charge is 2.24. The maximum Gasteiger partial charge on any atom is 0.258 e. The van der Waals surface area contributed by atoms with Crippen LogP contribution in [0.3, 0.4) is 0 Å². The number of halogens is 2. The summed E-state index contributed by atoms with van der Waals surface area (Å²) < 4.78 is 16.5. The van der Waals surface area contributed by atoms with Gasteiger partial charge < -0.3 is 19.5 Å². The number of benzene rings is 1. The summed E-state index contributed by atoms with van der Waals surface area (Å²) in [6.45, 7) is -0.253. The molecule has 0 atom stereocenters. The van der Waals surface area contributed by atoms with Crippen LogP contribution in [0.25, 0.3) is 0 Å². The number of nitrogens with one attached hydrogen (secondary N) is 1. The number of methoxy groups -OCH3 is 2. The van der Waals surface area contributed by atoms with E-state index in [9.17, 15) is 9.59 Å².